The van der Waals surface area contributed by atoms with E-state index >= 15 is 0 Å². The van der Waals surface area contributed by atoms with E-state index in [1.54, 1.807) is 0 Å². The van der Waals surface area contributed by atoms with Gasteiger partial charge >= 0.3 is 18.3 Å². The van der Waals surface area contributed by atoms with Gasteiger partial charge in [0.15, 0.2) is 5.41 Å². The lowest BCUT2D eigenvalue weighted by molar-refractivity contribution is -0.275. The molecular formula is C15H17F3O5. The highest BCUT2D eigenvalue weighted by Crippen LogP contribution is 2.36. The van der Waals surface area contributed by atoms with Crippen LogP contribution in [-0.2, 0) is 24.5 Å². The first-order valence-corrected chi connectivity index (χ1v) is 6.86. The summed E-state index contributed by atoms with van der Waals surface area (Å²) in [6.45, 7) is 4.08. The van der Waals surface area contributed by atoms with Gasteiger partial charge in [0.1, 0.15) is 5.75 Å². The number of hydrogen-bond donors (Lipinski definition) is 0. The first-order chi connectivity index (χ1) is 10.7. The summed E-state index contributed by atoms with van der Waals surface area (Å²) in [5.41, 5.74) is -2.36. The molecule has 0 fully saturated rings. The van der Waals surface area contributed by atoms with Gasteiger partial charge in [0.05, 0.1) is 13.2 Å². The monoisotopic (exact) mass is 334 g/mol. The summed E-state index contributed by atoms with van der Waals surface area (Å²) in [5.74, 6) is -2.70. The molecule has 0 atom stereocenters. The summed E-state index contributed by atoms with van der Waals surface area (Å²) in [5, 5.41) is 0. The number of hydrogen-bond acceptors (Lipinski definition) is 5. The Labute approximate surface area is 131 Å². The molecule has 0 saturated heterocycles. The Kier molecular flexibility index (Phi) is 6.00. The summed E-state index contributed by atoms with van der Waals surface area (Å²) in [6, 6.07) is 4.88. The molecule has 0 unspecified atom stereocenters. The van der Waals surface area contributed by atoms with E-state index in [0.29, 0.717) is 0 Å². The molecule has 0 saturated carbocycles. The molecule has 0 aliphatic rings. The maximum absolute atomic E-state index is 12.6. The number of alkyl halides is 3. The Bertz CT molecular complexity index is 550. The van der Waals surface area contributed by atoms with Crippen molar-refractivity contribution in [1.29, 1.82) is 0 Å². The van der Waals surface area contributed by atoms with Crippen molar-refractivity contribution in [1.82, 2.24) is 0 Å². The van der Waals surface area contributed by atoms with Crippen molar-refractivity contribution in [2.75, 3.05) is 13.2 Å². The molecule has 1 aromatic rings. The van der Waals surface area contributed by atoms with Crippen LogP contribution < -0.4 is 4.74 Å². The number of esters is 2. The number of carbonyl (C=O) groups excluding carboxylic acids is 2. The number of rotatable bonds is 6. The predicted molar refractivity (Wildman–Crippen MR) is 73.7 cm³/mol. The SMILES string of the molecule is CCOC(=O)C(C)(C(=O)OCC)c1ccccc1OC(F)(F)F. The summed E-state index contributed by atoms with van der Waals surface area (Å²) in [4.78, 5) is 24.5. The molecule has 1 aromatic carbocycles. The van der Waals surface area contributed by atoms with E-state index in [1.807, 2.05) is 0 Å². The van der Waals surface area contributed by atoms with Gasteiger partial charge in [-0.1, -0.05) is 18.2 Å². The Morgan fingerprint density at radius 3 is 1.91 bits per heavy atom. The highest BCUT2D eigenvalue weighted by Gasteiger charge is 2.49. The second kappa shape index (κ2) is 7.34. The van der Waals surface area contributed by atoms with Crippen molar-refractivity contribution in [2.24, 2.45) is 0 Å². The summed E-state index contributed by atoms with van der Waals surface area (Å²) in [6.07, 6.45) is -4.97. The van der Waals surface area contributed by atoms with Crippen molar-refractivity contribution in [3.8, 4) is 5.75 Å². The molecule has 0 aromatic heterocycles. The third-order valence-electron chi connectivity index (χ3n) is 3.02. The first kappa shape index (κ1) is 18.8. The highest BCUT2D eigenvalue weighted by molar-refractivity contribution is 6.06. The zero-order valence-electron chi connectivity index (χ0n) is 12.9. The van der Waals surface area contributed by atoms with Crippen LogP contribution in [-0.4, -0.2) is 31.5 Å². The minimum absolute atomic E-state index is 0.0455. The van der Waals surface area contributed by atoms with E-state index in [0.717, 1.165) is 13.0 Å². The standard InChI is InChI=1S/C15H17F3O5/c1-4-21-12(19)14(3,13(20)22-5-2)10-8-6-7-9-11(10)23-15(16,17)18/h6-9H,4-5H2,1-3H3. The highest BCUT2D eigenvalue weighted by atomic mass is 19.4. The third-order valence-corrected chi connectivity index (χ3v) is 3.02. The van der Waals surface area contributed by atoms with Gasteiger partial charge in [-0.2, -0.15) is 0 Å². The van der Waals surface area contributed by atoms with E-state index in [-0.39, 0.29) is 18.8 Å². The lowest BCUT2D eigenvalue weighted by Crippen LogP contribution is -2.44. The fraction of sp³-hybridized carbons (Fsp3) is 0.467. The van der Waals surface area contributed by atoms with E-state index in [1.165, 1.54) is 32.0 Å². The molecule has 8 heteroatoms. The van der Waals surface area contributed by atoms with E-state index in [2.05, 4.69) is 4.74 Å². The molecule has 0 amide bonds. The summed E-state index contributed by atoms with van der Waals surface area (Å²) < 4.78 is 51.3. The van der Waals surface area contributed by atoms with Gasteiger partial charge in [0.2, 0.25) is 0 Å². The minimum Gasteiger partial charge on any atom is -0.465 e. The van der Waals surface area contributed by atoms with Crippen LogP contribution in [0.2, 0.25) is 0 Å². The van der Waals surface area contributed by atoms with Crippen LogP contribution in [0.1, 0.15) is 26.3 Å². The first-order valence-electron chi connectivity index (χ1n) is 6.86. The lowest BCUT2D eigenvalue weighted by Gasteiger charge is -2.27. The van der Waals surface area contributed by atoms with Crippen molar-refractivity contribution in [3.63, 3.8) is 0 Å². The summed E-state index contributed by atoms with van der Waals surface area (Å²) >= 11 is 0. The van der Waals surface area contributed by atoms with Gasteiger partial charge < -0.3 is 14.2 Å². The van der Waals surface area contributed by atoms with Crippen LogP contribution in [0.3, 0.4) is 0 Å². The van der Waals surface area contributed by atoms with Crippen LogP contribution in [0.4, 0.5) is 13.2 Å². The Morgan fingerprint density at radius 2 is 1.48 bits per heavy atom. The molecule has 1 rings (SSSR count). The van der Waals surface area contributed by atoms with Gasteiger partial charge in [-0.05, 0) is 26.8 Å². The maximum atomic E-state index is 12.6. The van der Waals surface area contributed by atoms with Gasteiger partial charge in [-0.3, -0.25) is 9.59 Å². The maximum Gasteiger partial charge on any atom is 0.573 e. The summed E-state index contributed by atoms with van der Waals surface area (Å²) in [7, 11) is 0. The topological polar surface area (TPSA) is 61.8 Å². The van der Waals surface area contributed by atoms with Crippen molar-refractivity contribution < 1.29 is 37.0 Å². The van der Waals surface area contributed by atoms with Crippen LogP contribution in [0.5, 0.6) is 5.75 Å². The van der Waals surface area contributed by atoms with Crippen molar-refractivity contribution in [3.05, 3.63) is 29.8 Å². The van der Waals surface area contributed by atoms with Crippen LogP contribution in [0.15, 0.2) is 24.3 Å². The Hall–Kier alpha value is -2.25. The van der Waals surface area contributed by atoms with Gasteiger partial charge in [-0.15, -0.1) is 13.2 Å². The van der Waals surface area contributed by atoms with E-state index < -0.39 is 29.5 Å². The largest absolute Gasteiger partial charge is 0.573 e. The number of carbonyl (C=O) groups is 2. The fourth-order valence-corrected chi connectivity index (χ4v) is 1.95. The molecule has 0 aliphatic carbocycles. The lowest BCUT2D eigenvalue weighted by atomic mass is 9.81. The smallest absolute Gasteiger partial charge is 0.465 e. The van der Waals surface area contributed by atoms with E-state index in [9.17, 15) is 22.8 Å². The second-order valence-electron chi connectivity index (χ2n) is 4.61. The van der Waals surface area contributed by atoms with Crippen LogP contribution >= 0.6 is 0 Å². The van der Waals surface area contributed by atoms with Crippen molar-refractivity contribution >= 4 is 11.9 Å². The predicted octanol–water partition coefficient (Wildman–Crippen LogP) is 2.97. The minimum atomic E-state index is -4.97. The number of para-hydroxylation sites is 1. The molecular weight excluding hydrogens is 317 g/mol. The van der Waals surface area contributed by atoms with E-state index in [4.69, 9.17) is 9.47 Å². The molecule has 0 bridgehead atoms. The number of benzene rings is 1. The van der Waals surface area contributed by atoms with Crippen molar-refractivity contribution in [2.45, 2.75) is 32.5 Å². The van der Waals surface area contributed by atoms with Crippen LogP contribution in [0, 0.1) is 0 Å². The molecule has 5 nitrogen and oxygen atoms in total. The number of halogens is 3. The van der Waals surface area contributed by atoms with Gasteiger partial charge in [-0.25, -0.2) is 0 Å². The average Bonchev–Trinajstić information content (AvgIpc) is 2.45. The normalized spacial score (nSPS) is 11.7. The third kappa shape index (κ3) is 4.37. The molecule has 0 radical (unpaired) electrons. The fourth-order valence-electron chi connectivity index (χ4n) is 1.95. The molecule has 128 valence electrons. The van der Waals surface area contributed by atoms with Crippen LogP contribution in [0.25, 0.3) is 0 Å². The zero-order valence-corrected chi connectivity index (χ0v) is 12.9. The quantitative estimate of drug-likeness (QED) is 0.591. The second-order valence-corrected chi connectivity index (χ2v) is 4.61. The Morgan fingerprint density at radius 1 is 1.00 bits per heavy atom. The molecule has 23 heavy (non-hydrogen) atoms. The zero-order chi connectivity index (χ0) is 17.7. The molecule has 0 N–H and O–H groups in total. The van der Waals surface area contributed by atoms with Gasteiger partial charge in [0, 0.05) is 5.56 Å². The molecule has 0 spiro atoms. The Balaban J connectivity index is 3.43. The number of ether oxygens (including phenoxy) is 3. The molecule has 0 aliphatic heterocycles. The average molecular weight is 334 g/mol. The molecule has 0 heterocycles. The van der Waals surface area contributed by atoms with Gasteiger partial charge in [0.25, 0.3) is 0 Å².